The van der Waals surface area contributed by atoms with Gasteiger partial charge in [-0.3, -0.25) is 0 Å². The Morgan fingerprint density at radius 1 is 0.773 bits per heavy atom. The standard InChI is InChI=1S/C18H42N4/c1-7-8-9-14-21(5)16-11-18(2)19-12-17-22(6)15-10-13-20(3)4/h18-19H,7-17H2,1-6H3. The maximum Gasteiger partial charge on any atom is 0.0104 e. The fraction of sp³-hybridized carbons (Fsp3) is 1.00. The molecule has 0 fully saturated rings. The Morgan fingerprint density at radius 3 is 2.05 bits per heavy atom. The van der Waals surface area contributed by atoms with Gasteiger partial charge in [0.15, 0.2) is 0 Å². The van der Waals surface area contributed by atoms with Crippen molar-refractivity contribution in [1.29, 1.82) is 0 Å². The van der Waals surface area contributed by atoms with Crippen LogP contribution in [0.3, 0.4) is 0 Å². The maximum absolute atomic E-state index is 3.66. The Morgan fingerprint density at radius 2 is 1.41 bits per heavy atom. The van der Waals surface area contributed by atoms with Gasteiger partial charge in [-0.25, -0.2) is 0 Å². The summed E-state index contributed by atoms with van der Waals surface area (Å²) < 4.78 is 0. The average Bonchev–Trinajstić information content (AvgIpc) is 2.45. The predicted molar refractivity (Wildman–Crippen MR) is 99.8 cm³/mol. The lowest BCUT2D eigenvalue weighted by atomic mass is 10.2. The van der Waals surface area contributed by atoms with E-state index >= 15 is 0 Å². The van der Waals surface area contributed by atoms with Crippen molar-refractivity contribution in [3.63, 3.8) is 0 Å². The van der Waals surface area contributed by atoms with E-state index in [-0.39, 0.29) is 0 Å². The Kier molecular flexibility index (Phi) is 14.3. The molecule has 0 aliphatic carbocycles. The van der Waals surface area contributed by atoms with Gasteiger partial charge in [-0.05, 0) is 80.6 Å². The summed E-state index contributed by atoms with van der Waals surface area (Å²) in [4.78, 5) is 7.16. The molecule has 0 aromatic carbocycles. The van der Waals surface area contributed by atoms with Gasteiger partial charge in [0.1, 0.15) is 0 Å². The molecule has 0 aromatic rings. The third kappa shape index (κ3) is 14.8. The SMILES string of the molecule is CCCCCN(C)CCC(C)NCCN(C)CCCN(C)C. The van der Waals surface area contributed by atoms with Crippen LogP contribution in [0.2, 0.25) is 0 Å². The van der Waals surface area contributed by atoms with Gasteiger partial charge in [0.25, 0.3) is 0 Å². The topological polar surface area (TPSA) is 21.8 Å². The van der Waals surface area contributed by atoms with E-state index in [1.807, 2.05) is 0 Å². The lowest BCUT2D eigenvalue weighted by Crippen LogP contribution is -2.37. The van der Waals surface area contributed by atoms with Gasteiger partial charge < -0.3 is 20.0 Å². The first-order valence-electron chi connectivity index (χ1n) is 9.20. The zero-order valence-electron chi connectivity index (χ0n) is 16.2. The van der Waals surface area contributed by atoms with Crippen LogP contribution < -0.4 is 5.32 Å². The third-order valence-electron chi connectivity index (χ3n) is 4.22. The van der Waals surface area contributed by atoms with E-state index in [0.29, 0.717) is 6.04 Å². The fourth-order valence-electron chi connectivity index (χ4n) is 2.53. The summed E-state index contributed by atoms with van der Waals surface area (Å²) in [6.07, 6.45) is 6.51. The highest BCUT2D eigenvalue weighted by Crippen LogP contribution is 1.99. The molecule has 4 heteroatoms. The number of hydrogen-bond acceptors (Lipinski definition) is 4. The van der Waals surface area contributed by atoms with E-state index in [1.54, 1.807) is 0 Å². The van der Waals surface area contributed by atoms with Crippen molar-refractivity contribution in [3.05, 3.63) is 0 Å². The second kappa shape index (κ2) is 14.4. The van der Waals surface area contributed by atoms with E-state index in [9.17, 15) is 0 Å². The van der Waals surface area contributed by atoms with Crippen molar-refractivity contribution in [2.24, 2.45) is 0 Å². The Hall–Kier alpha value is -0.160. The fourth-order valence-corrected chi connectivity index (χ4v) is 2.53. The van der Waals surface area contributed by atoms with Crippen molar-refractivity contribution in [2.75, 3.05) is 67.5 Å². The van der Waals surface area contributed by atoms with E-state index in [0.717, 1.165) is 13.1 Å². The van der Waals surface area contributed by atoms with Gasteiger partial charge in [-0.15, -0.1) is 0 Å². The van der Waals surface area contributed by atoms with Crippen LogP contribution in [0.4, 0.5) is 0 Å². The van der Waals surface area contributed by atoms with Crippen molar-refractivity contribution < 1.29 is 0 Å². The van der Waals surface area contributed by atoms with Crippen LogP contribution in [0.25, 0.3) is 0 Å². The molecule has 0 saturated heterocycles. The molecule has 0 bridgehead atoms. The molecule has 0 aliphatic rings. The van der Waals surface area contributed by atoms with Crippen LogP contribution in [0.15, 0.2) is 0 Å². The highest BCUT2D eigenvalue weighted by molar-refractivity contribution is 4.65. The Bertz CT molecular complexity index is 233. The molecular formula is C18H42N4. The molecule has 0 saturated carbocycles. The van der Waals surface area contributed by atoms with E-state index in [1.165, 1.54) is 58.3 Å². The van der Waals surface area contributed by atoms with Gasteiger partial charge in [0.05, 0.1) is 0 Å². The first kappa shape index (κ1) is 21.8. The number of likely N-dealkylation sites (N-methyl/N-ethyl adjacent to an activating group) is 1. The van der Waals surface area contributed by atoms with Crippen LogP contribution >= 0.6 is 0 Å². The Labute approximate surface area is 140 Å². The van der Waals surface area contributed by atoms with Crippen LogP contribution in [0.5, 0.6) is 0 Å². The number of rotatable bonds is 15. The zero-order valence-corrected chi connectivity index (χ0v) is 16.2. The van der Waals surface area contributed by atoms with Crippen LogP contribution in [0, 0.1) is 0 Å². The second-order valence-corrected chi connectivity index (χ2v) is 7.11. The first-order chi connectivity index (χ1) is 10.5. The molecule has 134 valence electrons. The highest BCUT2D eigenvalue weighted by atomic mass is 15.1. The first-order valence-corrected chi connectivity index (χ1v) is 9.20. The summed E-state index contributed by atoms with van der Waals surface area (Å²) >= 11 is 0. The van der Waals surface area contributed by atoms with E-state index in [4.69, 9.17) is 0 Å². The summed E-state index contributed by atoms with van der Waals surface area (Å²) in [5, 5.41) is 3.66. The van der Waals surface area contributed by atoms with Crippen LogP contribution in [-0.4, -0.2) is 88.2 Å². The maximum atomic E-state index is 3.66. The molecule has 4 nitrogen and oxygen atoms in total. The molecule has 1 N–H and O–H groups in total. The molecule has 1 atom stereocenters. The largest absolute Gasteiger partial charge is 0.313 e. The molecule has 0 aliphatic heterocycles. The quantitative estimate of drug-likeness (QED) is 0.468. The number of nitrogens with one attached hydrogen (secondary N) is 1. The number of hydrogen-bond donors (Lipinski definition) is 1. The van der Waals surface area contributed by atoms with Gasteiger partial charge in [0.2, 0.25) is 0 Å². The monoisotopic (exact) mass is 314 g/mol. The number of nitrogens with zero attached hydrogens (tertiary/aromatic N) is 3. The summed E-state index contributed by atoms with van der Waals surface area (Å²) in [5.41, 5.74) is 0. The smallest absolute Gasteiger partial charge is 0.0104 e. The molecule has 22 heavy (non-hydrogen) atoms. The second-order valence-electron chi connectivity index (χ2n) is 7.11. The average molecular weight is 315 g/mol. The number of unbranched alkanes of at least 4 members (excludes halogenated alkanes) is 2. The molecule has 0 radical (unpaired) electrons. The van der Waals surface area contributed by atoms with E-state index in [2.05, 4.69) is 62.1 Å². The van der Waals surface area contributed by atoms with Gasteiger partial charge in [-0.1, -0.05) is 19.8 Å². The lowest BCUT2D eigenvalue weighted by molar-refractivity contribution is 0.283. The molecule has 0 amide bonds. The van der Waals surface area contributed by atoms with Gasteiger partial charge in [-0.2, -0.15) is 0 Å². The molecule has 0 rings (SSSR count). The predicted octanol–water partition coefficient (Wildman–Crippen LogP) is 2.36. The summed E-state index contributed by atoms with van der Waals surface area (Å²) in [6, 6.07) is 0.615. The van der Waals surface area contributed by atoms with Gasteiger partial charge >= 0.3 is 0 Å². The highest BCUT2D eigenvalue weighted by Gasteiger charge is 2.05. The van der Waals surface area contributed by atoms with E-state index < -0.39 is 0 Å². The summed E-state index contributed by atoms with van der Waals surface area (Å²) in [7, 11) is 8.76. The van der Waals surface area contributed by atoms with Crippen molar-refractivity contribution >= 4 is 0 Å². The van der Waals surface area contributed by atoms with Crippen molar-refractivity contribution in [2.45, 2.75) is 52.0 Å². The molecule has 1 unspecified atom stereocenters. The Balaban J connectivity index is 3.50. The zero-order chi connectivity index (χ0) is 16.8. The van der Waals surface area contributed by atoms with Crippen molar-refractivity contribution in [1.82, 2.24) is 20.0 Å². The van der Waals surface area contributed by atoms with Crippen LogP contribution in [0.1, 0.15) is 46.0 Å². The minimum atomic E-state index is 0.615. The minimum absolute atomic E-state index is 0.615. The molecule has 0 spiro atoms. The summed E-state index contributed by atoms with van der Waals surface area (Å²) in [5.74, 6) is 0. The molecular weight excluding hydrogens is 272 g/mol. The minimum Gasteiger partial charge on any atom is -0.313 e. The van der Waals surface area contributed by atoms with Crippen LogP contribution in [-0.2, 0) is 0 Å². The summed E-state index contributed by atoms with van der Waals surface area (Å²) in [6.45, 7) is 11.6. The normalized spacial score (nSPS) is 13.5. The third-order valence-corrected chi connectivity index (χ3v) is 4.22. The lowest BCUT2D eigenvalue weighted by Gasteiger charge is -2.22. The molecule has 0 aromatic heterocycles. The van der Waals surface area contributed by atoms with Crippen molar-refractivity contribution in [3.8, 4) is 0 Å². The molecule has 0 heterocycles. The van der Waals surface area contributed by atoms with Gasteiger partial charge in [0, 0.05) is 19.1 Å².